The second-order valence-electron chi connectivity index (χ2n) is 4.69. The molecule has 1 atom stereocenters. The normalized spacial score (nSPS) is 23.1. The first-order valence-electron chi connectivity index (χ1n) is 7.10. The van der Waals surface area contributed by atoms with E-state index in [4.69, 9.17) is 5.73 Å². The first-order chi connectivity index (χ1) is 11.4. The topological polar surface area (TPSA) is 159 Å². The number of carbonyl (C=O) groups excluding carboxylic acids is 5. The highest BCUT2D eigenvalue weighted by molar-refractivity contribution is 8.82. The predicted octanol–water partition coefficient (Wildman–Crippen LogP) is -2.91. The van der Waals surface area contributed by atoms with Crippen molar-refractivity contribution >= 4 is 50.3 Å². The van der Waals surface area contributed by atoms with Crippen LogP contribution in [0.15, 0.2) is 0 Å². The summed E-state index contributed by atoms with van der Waals surface area (Å²) in [5.74, 6) is -3.68. The van der Waals surface area contributed by atoms with Crippen LogP contribution in [0.2, 0.25) is 0 Å². The smallest absolute Gasteiger partial charge is 0.315 e. The second-order valence-corrected chi connectivity index (χ2v) is 7.11. The van der Waals surface area contributed by atoms with E-state index in [0.29, 0.717) is 18.8 Å². The Bertz CT molecular complexity index is 516. The number of primary amides is 1. The fraction of sp³-hybridized carbons (Fsp3) is 0.583. The third-order valence-corrected chi connectivity index (χ3v) is 5.06. The number of imide groups is 1. The highest BCUT2D eigenvalue weighted by atomic mass is 33.1. The van der Waals surface area contributed by atoms with Crippen LogP contribution in [0.25, 0.3) is 0 Å². The van der Waals surface area contributed by atoms with Crippen molar-refractivity contribution in [2.75, 3.05) is 31.9 Å². The van der Waals surface area contributed by atoms with Gasteiger partial charge in [-0.05, 0) is 23.8 Å². The van der Waals surface area contributed by atoms with Gasteiger partial charge in [-0.1, -0.05) is 10.8 Å². The summed E-state index contributed by atoms with van der Waals surface area (Å²) in [5, 5.41) is 9.05. The average Bonchev–Trinajstić information content (AvgIpc) is 2.52. The standard InChI is InChI=1S/C12H19N5O5S2/c13-9(19)8-12(22)24-23-5-1-2-14-3-4-15-6-7(18)16-10(20)11(21)17-8/h8,14-15H,1-6H2,(H2,13,19)(H,17,21)(H,16,18,20). The van der Waals surface area contributed by atoms with Crippen molar-refractivity contribution in [1.29, 1.82) is 0 Å². The van der Waals surface area contributed by atoms with Crippen LogP contribution < -0.4 is 27.0 Å². The lowest BCUT2D eigenvalue weighted by atomic mass is 10.3. The van der Waals surface area contributed by atoms with Crippen molar-refractivity contribution in [3.63, 3.8) is 0 Å². The molecule has 1 aliphatic heterocycles. The number of hydrogen-bond acceptors (Lipinski definition) is 9. The van der Waals surface area contributed by atoms with Crippen LogP contribution in [0.3, 0.4) is 0 Å². The molecule has 0 bridgehead atoms. The van der Waals surface area contributed by atoms with Crippen LogP contribution in [-0.2, 0) is 24.0 Å². The minimum Gasteiger partial charge on any atom is -0.367 e. The van der Waals surface area contributed by atoms with Gasteiger partial charge >= 0.3 is 11.8 Å². The van der Waals surface area contributed by atoms with Gasteiger partial charge in [-0.25, -0.2) is 0 Å². The van der Waals surface area contributed by atoms with E-state index >= 15 is 0 Å². The molecule has 1 heterocycles. The maximum Gasteiger partial charge on any atom is 0.315 e. The summed E-state index contributed by atoms with van der Waals surface area (Å²) in [7, 11) is 2.00. The maximum atomic E-state index is 11.9. The predicted molar refractivity (Wildman–Crippen MR) is 89.7 cm³/mol. The van der Waals surface area contributed by atoms with Crippen molar-refractivity contribution in [1.82, 2.24) is 21.3 Å². The molecule has 1 saturated heterocycles. The van der Waals surface area contributed by atoms with Crippen molar-refractivity contribution in [3.05, 3.63) is 0 Å². The largest absolute Gasteiger partial charge is 0.367 e. The van der Waals surface area contributed by atoms with E-state index in [1.54, 1.807) is 0 Å². The van der Waals surface area contributed by atoms with E-state index in [1.165, 1.54) is 10.8 Å². The molecule has 6 N–H and O–H groups in total. The molecule has 0 aromatic rings. The van der Waals surface area contributed by atoms with E-state index in [2.05, 4.69) is 10.6 Å². The molecule has 10 nitrogen and oxygen atoms in total. The zero-order valence-electron chi connectivity index (χ0n) is 12.8. The Morgan fingerprint density at radius 3 is 2.46 bits per heavy atom. The lowest BCUT2D eigenvalue weighted by Gasteiger charge is -2.13. The summed E-state index contributed by atoms with van der Waals surface area (Å²) in [6.45, 7) is 1.72. The molecule has 24 heavy (non-hydrogen) atoms. The van der Waals surface area contributed by atoms with Crippen LogP contribution in [0, 0.1) is 0 Å². The number of hydrogen-bond donors (Lipinski definition) is 5. The summed E-state index contributed by atoms with van der Waals surface area (Å²) in [6, 6.07) is -1.64. The summed E-state index contributed by atoms with van der Waals surface area (Å²) >= 11 is 0. The van der Waals surface area contributed by atoms with Crippen LogP contribution >= 0.6 is 21.6 Å². The molecule has 0 aromatic heterocycles. The molecule has 1 fully saturated rings. The SMILES string of the molecule is NC(=O)C1NC(=O)C(=O)NC(=O)CNCCNCCCSSC1=O. The fourth-order valence-corrected chi connectivity index (χ4v) is 3.55. The van der Waals surface area contributed by atoms with Gasteiger partial charge < -0.3 is 21.7 Å². The molecule has 0 radical (unpaired) electrons. The molecule has 134 valence electrons. The first kappa shape index (κ1) is 20.4. The second kappa shape index (κ2) is 11.0. The Morgan fingerprint density at radius 1 is 1.04 bits per heavy atom. The Kier molecular flexibility index (Phi) is 9.37. The van der Waals surface area contributed by atoms with Crippen molar-refractivity contribution in [3.8, 4) is 0 Å². The molecule has 0 aromatic carbocycles. The van der Waals surface area contributed by atoms with Crippen LogP contribution in [-0.4, -0.2) is 66.7 Å². The van der Waals surface area contributed by atoms with Gasteiger partial charge in [0.2, 0.25) is 16.9 Å². The fourth-order valence-electron chi connectivity index (χ4n) is 1.58. The third kappa shape index (κ3) is 7.77. The van der Waals surface area contributed by atoms with Crippen LogP contribution in [0.1, 0.15) is 6.42 Å². The van der Waals surface area contributed by atoms with Gasteiger partial charge in [0, 0.05) is 18.8 Å². The quantitative estimate of drug-likeness (QED) is 0.140. The molecule has 0 saturated carbocycles. The van der Waals surface area contributed by atoms with Gasteiger partial charge in [0.1, 0.15) is 0 Å². The van der Waals surface area contributed by atoms with E-state index in [9.17, 15) is 24.0 Å². The van der Waals surface area contributed by atoms with E-state index in [-0.39, 0.29) is 6.54 Å². The minimum atomic E-state index is -1.64. The summed E-state index contributed by atoms with van der Waals surface area (Å²) in [4.78, 5) is 58.0. The van der Waals surface area contributed by atoms with E-state index < -0.39 is 34.8 Å². The molecular formula is C12H19N5O5S2. The maximum absolute atomic E-state index is 11.9. The highest BCUT2D eigenvalue weighted by Gasteiger charge is 2.29. The lowest BCUT2D eigenvalue weighted by Crippen LogP contribution is -2.54. The molecule has 1 rings (SSSR count). The van der Waals surface area contributed by atoms with Crippen molar-refractivity contribution in [2.45, 2.75) is 12.5 Å². The van der Waals surface area contributed by atoms with Gasteiger partial charge in [0.05, 0.1) is 6.54 Å². The zero-order valence-corrected chi connectivity index (χ0v) is 14.4. The summed E-state index contributed by atoms with van der Waals surface area (Å²) in [5.41, 5.74) is 5.08. The Balaban J connectivity index is 2.72. The Labute approximate surface area is 146 Å². The number of nitrogens with one attached hydrogen (secondary N) is 4. The molecule has 0 aliphatic carbocycles. The summed E-state index contributed by atoms with van der Waals surface area (Å²) < 4.78 is 0. The van der Waals surface area contributed by atoms with Gasteiger partial charge in [0.25, 0.3) is 0 Å². The number of carbonyl (C=O) groups is 5. The van der Waals surface area contributed by atoms with E-state index in [1.807, 2.05) is 10.6 Å². The highest BCUT2D eigenvalue weighted by Crippen LogP contribution is 2.24. The number of amides is 4. The van der Waals surface area contributed by atoms with E-state index in [0.717, 1.165) is 23.8 Å². The molecule has 0 spiro atoms. The van der Waals surface area contributed by atoms with Crippen molar-refractivity contribution < 1.29 is 24.0 Å². The minimum absolute atomic E-state index is 0.148. The number of rotatable bonds is 1. The lowest BCUT2D eigenvalue weighted by molar-refractivity contribution is -0.143. The van der Waals surface area contributed by atoms with Crippen LogP contribution in [0.4, 0.5) is 0 Å². The molecule has 1 aliphatic rings. The molecule has 4 amide bonds. The average molecular weight is 377 g/mol. The van der Waals surface area contributed by atoms with Crippen molar-refractivity contribution in [2.24, 2.45) is 5.73 Å². The molecule has 12 heteroatoms. The first-order valence-corrected chi connectivity index (χ1v) is 9.42. The summed E-state index contributed by atoms with van der Waals surface area (Å²) in [6.07, 6.45) is 0.789. The number of nitrogens with two attached hydrogens (primary N) is 1. The van der Waals surface area contributed by atoms with Gasteiger partial charge in [-0.15, -0.1) is 0 Å². The molecule has 1 unspecified atom stereocenters. The Morgan fingerprint density at radius 2 is 1.75 bits per heavy atom. The molecular weight excluding hydrogens is 358 g/mol. The van der Waals surface area contributed by atoms with Crippen LogP contribution in [0.5, 0.6) is 0 Å². The third-order valence-electron chi connectivity index (χ3n) is 2.74. The van der Waals surface area contributed by atoms with Gasteiger partial charge in [0.15, 0.2) is 6.04 Å². The Hall–Kier alpha value is -1.63. The zero-order chi connectivity index (χ0) is 17.9. The van der Waals surface area contributed by atoms with Gasteiger partial charge in [-0.2, -0.15) is 0 Å². The van der Waals surface area contributed by atoms with Gasteiger partial charge in [-0.3, -0.25) is 29.3 Å². The monoisotopic (exact) mass is 377 g/mol.